The largest absolute Gasteiger partial charge is 0.382 e. The molecule has 1 unspecified atom stereocenters. The molecule has 0 spiro atoms. The van der Waals surface area contributed by atoms with Gasteiger partial charge in [-0.25, -0.2) is 0 Å². The van der Waals surface area contributed by atoms with Crippen molar-refractivity contribution in [3.05, 3.63) is 18.5 Å². The number of hydrogen-bond acceptors (Lipinski definition) is 4. The molecule has 5 heteroatoms. The molecule has 0 aromatic carbocycles. The van der Waals surface area contributed by atoms with Gasteiger partial charge in [-0.05, 0) is 13.0 Å². The van der Waals surface area contributed by atoms with Crippen molar-refractivity contribution in [3.63, 3.8) is 0 Å². The lowest BCUT2D eigenvalue weighted by atomic mass is 10.3. The maximum atomic E-state index is 5.35. The Hall–Kier alpha value is -0.910. The van der Waals surface area contributed by atoms with Crippen molar-refractivity contribution >= 4 is 0 Å². The van der Waals surface area contributed by atoms with Crippen LogP contribution in [-0.2, 0) is 16.0 Å². The normalized spacial score (nSPS) is 12.9. The van der Waals surface area contributed by atoms with Gasteiger partial charge < -0.3 is 14.8 Å². The van der Waals surface area contributed by atoms with Crippen LogP contribution in [0.2, 0.25) is 0 Å². The monoisotopic (exact) mass is 227 g/mol. The Balaban J connectivity index is 1.96. The maximum Gasteiger partial charge on any atom is 0.0700 e. The Morgan fingerprint density at radius 1 is 1.38 bits per heavy atom. The van der Waals surface area contributed by atoms with Crippen LogP contribution < -0.4 is 5.32 Å². The lowest BCUT2D eigenvalue weighted by Crippen LogP contribution is -2.33. The fourth-order valence-corrected chi connectivity index (χ4v) is 1.38. The number of rotatable bonds is 9. The van der Waals surface area contributed by atoms with Gasteiger partial charge in [-0.1, -0.05) is 0 Å². The summed E-state index contributed by atoms with van der Waals surface area (Å²) in [7, 11) is 1.67. The summed E-state index contributed by atoms with van der Waals surface area (Å²) in [6, 6.07) is 2.33. The quantitative estimate of drug-likeness (QED) is 0.625. The van der Waals surface area contributed by atoms with Crippen molar-refractivity contribution in [1.82, 2.24) is 15.1 Å². The molecule has 1 aromatic heterocycles. The minimum Gasteiger partial charge on any atom is -0.382 e. The summed E-state index contributed by atoms with van der Waals surface area (Å²) in [4.78, 5) is 0. The fraction of sp³-hybridized carbons (Fsp3) is 0.727. The summed E-state index contributed by atoms with van der Waals surface area (Å²) in [5.41, 5.74) is 0. The first kappa shape index (κ1) is 13.2. The minimum atomic E-state index is 0.394. The molecular weight excluding hydrogens is 206 g/mol. The molecule has 0 amide bonds. The van der Waals surface area contributed by atoms with E-state index in [1.54, 1.807) is 13.3 Å². The van der Waals surface area contributed by atoms with Gasteiger partial charge in [0.05, 0.1) is 26.4 Å². The van der Waals surface area contributed by atoms with E-state index in [2.05, 4.69) is 17.3 Å². The van der Waals surface area contributed by atoms with E-state index in [9.17, 15) is 0 Å². The van der Waals surface area contributed by atoms with Gasteiger partial charge in [0.15, 0.2) is 0 Å². The lowest BCUT2D eigenvalue weighted by molar-refractivity contribution is 0.0710. The van der Waals surface area contributed by atoms with Gasteiger partial charge in [-0.3, -0.25) is 4.68 Å². The average molecular weight is 227 g/mol. The van der Waals surface area contributed by atoms with Crippen molar-refractivity contribution < 1.29 is 9.47 Å². The van der Waals surface area contributed by atoms with Crippen LogP contribution in [0.5, 0.6) is 0 Å². The molecule has 0 aliphatic rings. The first-order valence-corrected chi connectivity index (χ1v) is 5.60. The summed E-state index contributed by atoms with van der Waals surface area (Å²) in [6.07, 6.45) is 3.76. The second-order valence-electron chi connectivity index (χ2n) is 3.69. The SMILES string of the molecule is COCCOCCNC(C)Cn1cccn1. The molecule has 0 saturated heterocycles. The average Bonchev–Trinajstić information content (AvgIpc) is 2.76. The molecule has 0 fully saturated rings. The van der Waals surface area contributed by atoms with Crippen molar-refractivity contribution in [2.45, 2.75) is 19.5 Å². The summed E-state index contributed by atoms with van der Waals surface area (Å²) < 4.78 is 12.2. The van der Waals surface area contributed by atoms with E-state index in [1.807, 2.05) is 16.9 Å². The van der Waals surface area contributed by atoms with Gasteiger partial charge in [-0.2, -0.15) is 5.10 Å². The highest BCUT2D eigenvalue weighted by molar-refractivity contribution is 4.78. The van der Waals surface area contributed by atoms with Crippen LogP contribution in [0.3, 0.4) is 0 Å². The van der Waals surface area contributed by atoms with Crippen molar-refractivity contribution in [3.8, 4) is 0 Å². The molecular formula is C11H21N3O2. The minimum absolute atomic E-state index is 0.394. The van der Waals surface area contributed by atoms with Crippen LogP contribution >= 0.6 is 0 Å². The Morgan fingerprint density at radius 3 is 2.94 bits per heavy atom. The second kappa shape index (κ2) is 8.27. The standard InChI is InChI=1S/C11H21N3O2/c1-11(10-14-6-3-4-13-14)12-5-7-16-9-8-15-2/h3-4,6,11-12H,5,7-10H2,1-2H3. The summed E-state index contributed by atoms with van der Waals surface area (Å²) in [5, 5.41) is 7.53. The van der Waals surface area contributed by atoms with Crippen molar-refractivity contribution in [2.24, 2.45) is 0 Å². The molecule has 92 valence electrons. The van der Waals surface area contributed by atoms with Crippen LogP contribution in [-0.4, -0.2) is 49.3 Å². The van der Waals surface area contributed by atoms with Gasteiger partial charge in [0.2, 0.25) is 0 Å². The first-order valence-electron chi connectivity index (χ1n) is 5.60. The van der Waals surface area contributed by atoms with E-state index < -0.39 is 0 Å². The second-order valence-corrected chi connectivity index (χ2v) is 3.69. The highest BCUT2D eigenvalue weighted by Gasteiger charge is 2.01. The maximum absolute atomic E-state index is 5.35. The summed E-state index contributed by atoms with van der Waals surface area (Å²) >= 11 is 0. The van der Waals surface area contributed by atoms with Gasteiger partial charge >= 0.3 is 0 Å². The zero-order valence-electron chi connectivity index (χ0n) is 10.1. The molecule has 0 saturated carbocycles. The molecule has 0 radical (unpaired) electrons. The topological polar surface area (TPSA) is 48.3 Å². The van der Waals surface area contributed by atoms with Crippen LogP contribution in [0.4, 0.5) is 0 Å². The van der Waals surface area contributed by atoms with Crippen molar-refractivity contribution in [1.29, 1.82) is 0 Å². The van der Waals surface area contributed by atoms with Crippen molar-refractivity contribution in [2.75, 3.05) is 33.5 Å². The highest BCUT2D eigenvalue weighted by atomic mass is 16.5. The van der Waals surface area contributed by atoms with E-state index in [1.165, 1.54) is 0 Å². The van der Waals surface area contributed by atoms with Gasteiger partial charge in [0.1, 0.15) is 0 Å². The zero-order valence-corrected chi connectivity index (χ0v) is 10.1. The van der Waals surface area contributed by atoms with Gasteiger partial charge in [-0.15, -0.1) is 0 Å². The first-order chi connectivity index (χ1) is 7.83. The number of methoxy groups -OCH3 is 1. The Kier molecular flexibility index (Phi) is 6.80. The molecule has 0 aliphatic carbocycles. The Bertz CT molecular complexity index is 252. The third-order valence-electron chi connectivity index (χ3n) is 2.19. The molecule has 0 bridgehead atoms. The number of nitrogens with zero attached hydrogens (tertiary/aromatic N) is 2. The summed E-state index contributed by atoms with van der Waals surface area (Å²) in [5.74, 6) is 0. The van der Waals surface area contributed by atoms with Crippen LogP contribution in [0, 0.1) is 0 Å². The molecule has 1 N–H and O–H groups in total. The van der Waals surface area contributed by atoms with E-state index in [0.717, 1.165) is 13.1 Å². The molecule has 1 aromatic rings. The van der Waals surface area contributed by atoms with E-state index in [-0.39, 0.29) is 0 Å². The van der Waals surface area contributed by atoms with E-state index in [4.69, 9.17) is 9.47 Å². The van der Waals surface area contributed by atoms with Gasteiger partial charge in [0, 0.05) is 32.1 Å². The summed E-state index contributed by atoms with van der Waals surface area (Å²) in [6.45, 7) is 5.90. The molecule has 5 nitrogen and oxygen atoms in total. The predicted octanol–water partition coefficient (Wildman–Crippen LogP) is 0.524. The van der Waals surface area contributed by atoms with E-state index >= 15 is 0 Å². The van der Waals surface area contributed by atoms with Gasteiger partial charge in [0.25, 0.3) is 0 Å². The van der Waals surface area contributed by atoms with Crippen LogP contribution in [0.1, 0.15) is 6.92 Å². The van der Waals surface area contributed by atoms with E-state index in [0.29, 0.717) is 25.9 Å². The predicted molar refractivity (Wildman–Crippen MR) is 62.4 cm³/mol. The fourth-order valence-electron chi connectivity index (χ4n) is 1.38. The molecule has 0 aliphatic heterocycles. The highest BCUT2D eigenvalue weighted by Crippen LogP contribution is 1.89. The molecule has 1 heterocycles. The number of hydrogen-bond donors (Lipinski definition) is 1. The molecule has 16 heavy (non-hydrogen) atoms. The molecule has 1 rings (SSSR count). The Labute approximate surface area is 96.7 Å². The van der Waals surface area contributed by atoms with Crippen LogP contribution in [0.15, 0.2) is 18.5 Å². The molecule has 1 atom stereocenters. The Morgan fingerprint density at radius 2 is 2.25 bits per heavy atom. The number of aromatic nitrogens is 2. The third-order valence-corrected chi connectivity index (χ3v) is 2.19. The van der Waals surface area contributed by atoms with Crippen LogP contribution in [0.25, 0.3) is 0 Å². The lowest BCUT2D eigenvalue weighted by Gasteiger charge is -2.13. The number of nitrogens with one attached hydrogen (secondary N) is 1. The number of ether oxygens (including phenoxy) is 2. The smallest absolute Gasteiger partial charge is 0.0700 e. The zero-order chi connectivity index (χ0) is 11.6. The third kappa shape index (κ3) is 5.85.